The van der Waals surface area contributed by atoms with Crippen molar-refractivity contribution in [1.29, 1.82) is 0 Å². The van der Waals surface area contributed by atoms with Crippen molar-refractivity contribution < 1.29 is 8.42 Å². The van der Waals surface area contributed by atoms with E-state index in [0.717, 1.165) is 4.88 Å². The fraction of sp³-hybridized carbons (Fsp3) is 0.231. The molecule has 1 aromatic carbocycles. The predicted molar refractivity (Wildman–Crippen MR) is 91.2 cm³/mol. The minimum absolute atomic E-state index is 0.216. The summed E-state index contributed by atoms with van der Waals surface area (Å²) < 4.78 is 28.0. The van der Waals surface area contributed by atoms with Crippen LogP contribution < -0.4 is 5.73 Å². The first-order valence-electron chi connectivity index (χ1n) is 6.14. The summed E-state index contributed by atoms with van der Waals surface area (Å²) in [4.78, 5) is 1.12. The fourth-order valence-corrected chi connectivity index (χ4v) is 4.96. The average Bonchev–Trinajstić information content (AvgIpc) is 2.84. The van der Waals surface area contributed by atoms with E-state index in [2.05, 4.69) is 15.9 Å². The normalized spacial score (nSPS) is 12.0. The summed E-state index contributed by atoms with van der Waals surface area (Å²) in [5, 5.41) is 0. The Hall–Kier alpha value is -0.600. The van der Waals surface area contributed by atoms with Gasteiger partial charge in [-0.3, -0.25) is 0 Å². The first-order chi connectivity index (χ1) is 9.84. The van der Waals surface area contributed by atoms with Crippen molar-refractivity contribution in [2.24, 2.45) is 0 Å². The molecular weight excluding hydrogens is 396 g/mol. The Morgan fingerprint density at radius 3 is 2.57 bits per heavy atom. The molecular formula is C13H14BrClN2O2S2. The van der Waals surface area contributed by atoms with E-state index in [1.807, 2.05) is 6.07 Å². The number of anilines is 1. The van der Waals surface area contributed by atoms with Crippen molar-refractivity contribution >= 4 is 54.6 Å². The molecule has 21 heavy (non-hydrogen) atoms. The largest absolute Gasteiger partial charge is 0.398 e. The molecule has 0 unspecified atom stereocenters. The third-order valence-corrected chi connectivity index (χ3v) is 6.74. The molecule has 0 fully saturated rings. The van der Waals surface area contributed by atoms with Gasteiger partial charge in [-0.2, -0.15) is 4.31 Å². The van der Waals surface area contributed by atoms with Crippen LogP contribution in [0.2, 0.25) is 4.34 Å². The topological polar surface area (TPSA) is 63.4 Å². The molecule has 0 aliphatic carbocycles. The number of sulfonamides is 1. The Balaban J connectivity index is 2.32. The first kappa shape index (κ1) is 16.8. The van der Waals surface area contributed by atoms with Gasteiger partial charge in [0.05, 0.1) is 9.23 Å². The smallest absolute Gasteiger partial charge is 0.243 e. The molecule has 2 N–H and O–H groups in total. The molecule has 0 radical (unpaired) electrons. The van der Waals surface area contributed by atoms with Gasteiger partial charge in [-0.15, -0.1) is 11.3 Å². The Bertz CT molecular complexity index is 746. The highest BCUT2D eigenvalue weighted by Crippen LogP contribution is 2.28. The van der Waals surface area contributed by atoms with E-state index in [1.165, 1.54) is 27.8 Å². The summed E-state index contributed by atoms with van der Waals surface area (Å²) in [6.45, 7) is 2.48. The third kappa shape index (κ3) is 3.78. The molecule has 0 aliphatic rings. The lowest BCUT2D eigenvalue weighted by Crippen LogP contribution is -2.30. The van der Waals surface area contributed by atoms with Gasteiger partial charge >= 0.3 is 0 Å². The lowest BCUT2D eigenvalue weighted by Gasteiger charge is -2.20. The minimum Gasteiger partial charge on any atom is -0.398 e. The van der Waals surface area contributed by atoms with Gasteiger partial charge in [-0.25, -0.2) is 8.42 Å². The molecule has 0 bridgehead atoms. The fourth-order valence-electron chi connectivity index (χ4n) is 1.79. The quantitative estimate of drug-likeness (QED) is 0.760. The summed E-state index contributed by atoms with van der Waals surface area (Å²) in [5.41, 5.74) is 6.20. The van der Waals surface area contributed by atoms with Crippen molar-refractivity contribution in [3.05, 3.63) is 44.0 Å². The van der Waals surface area contributed by atoms with E-state index < -0.39 is 10.0 Å². The SMILES string of the molecule is CCN(Cc1ccc(Cl)s1)S(=O)(=O)c1ccc(N)c(Br)c1. The van der Waals surface area contributed by atoms with E-state index in [4.69, 9.17) is 17.3 Å². The molecule has 114 valence electrons. The van der Waals surface area contributed by atoms with Crippen LogP contribution in [0.1, 0.15) is 11.8 Å². The van der Waals surface area contributed by atoms with Crippen molar-refractivity contribution in [1.82, 2.24) is 4.31 Å². The van der Waals surface area contributed by atoms with Crippen molar-refractivity contribution in [3.8, 4) is 0 Å². The van der Waals surface area contributed by atoms with Gasteiger partial charge in [-0.1, -0.05) is 18.5 Å². The van der Waals surface area contributed by atoms with Gasteiger partial charge in [0, 0.05) is 28.1 Å². The number of nitrogen functional groups attached to an aromatic ring is 1. The van der Waals surface area contributed by atoms with Crippen LogP contribution in [0.25, 0.3) is 0 Å². The number of halogens is 2. The maximum atomic E-state index is 12.7. The van der Waals surface area contributed by atoms with Gasteiger partial charge in [0.15, 0.2) is 0 Å². The second-order valence-electron chi connectivity index (χ2n) is 4.32. The number of thiophene rings is 1. The molecule has 0 aliphatic heterocycles. The maximum Gasteiger partial charge on any atom is 0.243 e. The molecule has 0 saturated heterocycles. The van der Waals surface area contributed by atoms with Crippen molar-refractivity contribution in [2.75, 3.05) is 12.3 Å². The standard InChI is InChI=1S/C13H14BrClN2O2S2/c1-2-17(8-9-3-6-13(15)20-9)21(18,19)10-4-5-12(16)11(14)7-10/h3-7H,2,8,16H2,1H3. The van der Waals surface area contributed by atoms with Gasteiger partial charge < -0.3 is 5.73 Å². The molecule has 1 heterocycles. The zero-order chi connectivity index (χ0) is 15.6. The summed E-state index contributed by atoms with van der Waals surface area (Å²) in [5.74, 6) is 0. The summed E-state index contributed by atoms with van der Waals surface area (Å²) in [6.07, 6.45) is 0. The van der Waals surface area contributed by atoms with Gasteiger partial charge in [0.1, 0.15) is 0 Å². The molecule has 0 spiro atoms. The summed E-state index contributed by atoms with van der Waals surface area (Å²) in [7, 11) is -3.57. The second kappa shape index (κ2) is 6.66. The lowest BCUT2D eigenvalue weighted by molar-refractivity contribution is 0.426. The van der Waals surface area contributed by atoms with E-state index in [-0.39, 0.29) is 4.90 Å². The highest BCUT2D eigenvalue weighted by molar-refractivity contribution is 9.10. The van der Waals surface area contributed by atoms with Crippen LogP contribution in [0.3, 0.4) is 0 Å². The van der Waals surface area contributed by atoms with Crippen LogP contribution in [-0.4, -0.2) is 19.3 Å². The highest BCUT2D eigenvalue weighted by atomic mass is 79.9. The van der Waals surface area contributed by atoms with E-state index in [9.17, 15) is 8.42 Å². The van der Waals surface area contributed by atoms with E-state index in [0.29, 0.717) is 27.6 Å². The molecule has 2 rings (SSSR count). The van der Waals surface area contributed by atoms with Crippen LogP contribution >= 0.6 is 38.9 Å². The van der Waals surface area contributed by atoms with E-state index in [1.54, 1.807) is 19.1 Å². The summed E-state index contributed by atoms with van der Waals surface area (Å²) in [6, 6.07) is 8.22. The van der Waals surface area contributed by atoms with E-state index >= 15 is 0 Å². The average molecular weight is 410 g/mol. The number of rotatable bonds is 5. The zero-order valence-electron chi connectivity index (χ0n) is 11.2. The maximum absolute atomic E-state index is 12.7. The van der Waals surface area contributed by atoms with Crippen molar-refractivity contribution in [3.63, 3.8) is 0 Å². The third-order valence-electron chi connectivity index (χ3n) is 2.92. The number of hydrogen-bond acceptors (Lipinski definition) is 4. The number of nitrogens with two attached hydrogens (primary N) is 1. The zero-order valence-corrected chi connectivity index (χ0v) is 15.2. The Labute approximate surface area is 141 Å². The van der Waals surface area contributed by atoms with Crippen molar-refractivity contribution in [2.45, 2.75) is 18.4 Å². The molecule has 1 aromatic heterocycles. The monoisotopic (exact) mass is 408 g/mol. The van der Waals surface area contributed by atoms with Crippen LogP contribution in [0.5, 0.6) is 0 Å². The van der Waals surface area contributed by atoms with Crippen LogP contribution in [0.4, 0.5) is 5.69 Å². The van der Waals surface area contributed by atoms with Crippen LogP contribution in [-0.2, 0) is 16.6 Å². The number of benzene rings is 1. The van der Waals surface area contributed by atoms with Crippen LogP contribution in [0.15, 0.2) is 39.7 Å². The predicted octanol–water partition coefficient (Wildman–Crippen LogP) is 3.96. The molecule has 0 saturated carbocycles. The molecule has 0 amide bonds. The summed E-state index contributed by atoms with van der Waals surface area (Å²) >= 11 is 10.5. The first-order valence-corrected chi connectivity index (χ1v) is 9.56. The molecule has 2 aromatic rings. The number of hydrogen-bond donors (Lipinski definition) is 1. The Morgan fingerprint density at radius 1 is 1.33 bits per heavy atom. The molecule has 0 atom stereocenters. The lowest BCUT2D eigenvalue weighted by atomic mass is 10.3. The number of nitrogens with zero attached hydrogens (tertiary/aromatic N) is 1. The van der Waals surface area contributed by atoms with Crippen LogP contribution in [0, 0.1) is 0 Å². The Kier molecular flexibility index (Phi) is 5.32. The molecule has 8 heteroatoms. The Morgan fingerprint density at radius 2 is 2.05 bits per heavy atom. The molecule has 4 nitrogen and oxygen atoms in total. The highest BCUT2D eigenvalue weighted by Gasteiger charge is 2.24. The van der Waals surface area contributed by atoms with Gasteiger partial charge in [0.2, 0.25) is 10.0 Å². The van der Waals surface area contributed by atoms with Gasteiger partial charge in [0.25, 0.3) is 0 Å². The van der Waals surface area contributed by atoms with Gasteiger partial charge in [-0.05, 0) is 46.3 Å². The second-order valence-corrected chi connectivity index (χ2v) is 8.91. The minimum atomic E-state index is -3.57.